The molecular formula is C9H12N2OS. The second-order valence-electron chi connectivity index (χ2n) is 3.05. The monoisotopic (exact) mass is 196 g/mol. The van der Waals surface area contributed by atoms with E-state index in [1.807, 2.05) is 13.1 Å². The van der Waals surface area contributed by atoms with Crippen molar-refractivity contribution in [3.05, 3.63) is 23.8 Å². The highest BCUT2D eigenvalue weighted by Crippen LogP contribution is 2.33. The number of anilines is 2. The number of benzene rings is 1. The average Bonchev–Trinajstić information content (AvgIpc) is 2.43. The smallest absolute Gasteiger partial charge is 0.222 e. The molecule has 1 aromatic carbocycles. The maximum atomic E-state index is 11.4. The van der Waals surface area contributed by atoms with Gasteiger partial charge < -0.3 is 0 Å². The normalized spacial score (nSPS) is 19.8. The van der Waals surface area contributed by atoms with Gasteiger partial charge in [-0.15, -0.1) is 0 Å². The third-order valence-corrected chi connectivity index (χ3v) is 3.34. The van der Waals surface area contributed by atoms with Crippen molar-refractivity contribution in [3.63, 3.8) is 0 Å². The highest BCUT2D eigenvalue weighted by atomic mass is 32.2. The summed E-state index contributed by atoms with van der Waals surface area (Å²) in [4.78, 5) is 0. The zero-order valence-electron chi connectivity index (χ0n) is 7.70. The first-order valence-corrected chi connectivity index (χ1v) is 5.38. The maximum Gasteiger partial charge on any atom is 0.222 e. The van der Waals surface area contributed by atoms with E-state index in [9.17, 15) is 4.21 Å². The van der Waals surface area contributed by atoms with E-state index in [2.05, 4.69) is 23.8 Å². The molecule has 3 nitrogen and oxygen atoms in total. The zero-order valence-corrected chi connectivity index (χ0v) is 8.52. The zero-order chi connectivity index (χ0) is 9.42. The van der Waals surface area contributed by atoms with Crippen molar-refractivity contribution >= 4 is 22.5 Å². The summed E-state index contributed by atoms with van der Waals surface area (Å²) in [7, 11) is 1.83. The Balaban J connectivity index is 2.47. The van der Waals surface area contributed by atoms with E-state index in [0.717, 1.165) is 17.8 Å². The maximum absolute atomic E-state index is 11.4. The summed E-state index contributed by atoms with van der Waals surface area (Å²) < 4.78 is 16.0. The van der Waals surface area contributed by atoms with Gasteiger partial charge in [0, 0.05) is 7.05 Å². The van der Waals surface area contributed by atoms with Crippen LogP contribution >= 0.6 is 0 Å². The van der Waals surface area contributed by atoms with Crippen molar-refractivity contribution in [2.45, 2.75) is 13.3 Å². The first kappa shape index (κ1) is 8.56. The highest BCUT2D eigenvalue weighted by molar-refractivity contribution is 7.88. The Kier molecular flexibility index (Phi) is 2.00. The molecule has 70 valence electrons. The summed E-state index contributed by atoms with van der Waals surface area (Å²) >= 11 is -1.09. The lowest BCUT2D eigenvalue weighted by Crippen LogP contribution is -2.17. The first-order valence-electron chi connectivity index (χ1n) is 4.27. The van der Waals surface area contributed by atoms with Gasteiger partial charge >= 0.3 is 0 Å². The van der Waals surface area contributed by atoms with Crippen LogP contribution in [0.25, 0.3) is 0 Å². The van der Waals surface area contributed by atoms with Gasteiger partial charge in [0.15, 0.2) is 0 Å². The van der Waals surface area contributed by atoms with Gasteiger partial charge in [-0.05, 0) is 24.1 Å². The molecule has 0 radical (unpaired) electrons. The third-order valence-electron chi connectivity index (χ3n) is 2.26. The Hall–Kier alpha value is -1.03. The SMILES string of the molecule is CCc1ccc2c(c1)N(C)S(=O)N2. The van der Waals surface area contributed by atoms with Crippen LogP contribution in [0.3, 0.4) is 0 Å². The van der Waals surface area contributed by atoms with Gasteiger partial charge in [-0.25, -0.2) is 4.21 Å². The summed E-state index contributed by atoms with van der Waals surface area (Å²) in [5.74, 6) is 0. The Morgan fingerprint density at radius 2 is 2.31 bits per heavy atom. The molecule has 0 amide bonds. The van der Waals surface area contributed by atoms with E-state index in [1.165, 1.54) is 5.56 Å². The molecule has 0 saturated heterocycles. The van der Waals surface area contributed by atoms with E-state index in [1.54, 1.807) is 4.31 Å². The van der Waals surface area contributed by atoms with Crippen LogP contribution in [0.15, 0.2) is 18.2 Å². The number of hydrogen-bond donors (Lipinski definition) is 1. The number of nitrogens with one attached hydrogen (secondary N) is 1. The van der Waals surface area contributed by atoms with Crippen molar-refractivity contribution in [3.8, 4) is 0 Å². The highest BCUT2D eigenvalue weighted by Gasteiger charge is 2.21. The Morgan fingerprint density at radius 3 is 3.00 bits per heavy atom. The molecule has 1 heterocycles. The topological polar surface area (TPSA) is 32.3 Å². The van der Waals surface area contributed by atoms with Crippen LogP contribution in [0.5, 0.6) is 0 Å². The molecule has 0 spiro atoms. The molecule has 1 aliphatic rings. The number of aryl methyl sites for hydroxylation is 1. The average molecular weight is 196 g/mol. The third kappa shape index (κ3) is 1.31. The molecule has 0 bridgehead atoms. The van der Waals surface area contributed by atoms with Crippen molar-refractivity contribution in [2.75, 3.05) is 16.1 Å². The van der Waals surface area contributed by atoms with E-state index >= 15 is 0 Å². The van der Waals surface area contributed by atoms with Crippen LogP contribution in [0.4, 0.5) is 11.4 Å². The number of nitrogens with zero attached hydrogens (tertiary/aromatic N) is 1. The summed E-state index contributed by atoms with van der Waals surface area (Å²) in [6.07, 6.45) is 1.01. The molecule has 1 unspecified atom stereocenters. The molecule has 0 fully saturated rings. The molecule has 2 rings (SSSR count). The van der Waals surface area contributed by atoms with Crippen molar-refractivity contribution < 1.29 is 4.21 Å². The summed E-state index contributed by atoms with van der Waals surface area (Å²) in [5, 5.41) is 0. The fourth-order valence-corrected chi connectivity index (χ4v) is 2.22. The Morgan fingerprint density at radius 1 is 1.54 bits per heavy atom. The van der Waals surface area contributed by atoms with Gasteiger partial charge in [0.05, 0.1) is 11.4 Å². The van der Waals surface area contributed by atoms with Crippen LogP contribution in [0, 0.1) is 0 Å². The standard InChI is InChI=1S/C9H12N2OS/c1-3-7-4-5-8-9(6-7)11(2)13(12)10-8/h4-6,10H,3H2,1-2H3. The second-order valence-corrected chi connectivity index (χ2v) is 4.30. The molecule has 0 saturated carbocycles. The van der Waals surface area contributed by atoms with Crippen LogP contribution in [0.2, 0.25) is 0 Å². The van der Waals surface area contributed by atoms with Crippen molar-refractivity contribution in [1.29, 1.82) is 0 Å². The summed E-state index contributed by atoms with van der Waals surface area (Å²) in [6, 6.07) is 6.12. The Labute approximate surface area is 80.5 Å². The minimum Gasteiger partial charge on any atom is -0.286 e. The largest absolute Gasteiger partial charge is 0.286 e. The van der Waals surface area contributed by atoms with E-state index in [0.29, 0.717) is 0 Å². The minimum absolute atomic E-state index is 0.957. The fraction of sp³-hybridized carbons (Fsp3) is 0.333. The van der Waals surface area contributed by atoms with Crippen LogP contribution in [-0.2, 0) is 17.6 Å². The fourth-order valence-electron chi connectivity index (χ4n) is 1.40. The van der Waals surface area contributed by atoms with Gasteiger partial charge in [-0.1, -0.05) is 13.0 Å². The lowest BCUT2D eigenvalue weighted by Gasteiger charge is -2.08. The molecule has 1 aliphatic heterocycles. The van der Waals surface area contributed by atoms with Gasteiger partial charge in [0.25, 0.3) is 0 Å². The van der Waals surface area contributed by atoms with Gasteiger partial charge in [-0.2, -0.15) is 0 Å². The van der Waals surface area contributed by atoms with Gasteiger partial charge in [-0.3, -0.25) is 9.03 Å². The predicted molar refractivity (Wildman–Crippen MR) is 56.0 cm³/mol. The first-order chi connectivity index (χ1) is 6.22. The molecule has 1 N–H and O–H groups in total. The lowest BCUT2D eigenvalue weighted by molar-refractivity contribution is 0.686. The van der Waals surface area contributed by atoms with Gasteiger partial charge in [0.1, 0.15) is 0 Å². The minimum atomic E-state index is -1.09. The number of hydrogen-bond acceptors (Lipinski definition) is 1. The Bertz CT molecular complexity index is 365. The van der Waals surface area contributed by atoms with E-state index < -0.39 is 11.2 Å². The van der Waals surface area contributed by atoms with E-state index in [-0.39, 0.29) is 0 Å². The molecule has 1 atom stereocenters. The second kappa shape index (κ2) is 3.03. The quantitative estimate of drug-likeness (QED) is 0.728. The summed E-state index contributed by atoms with van der Waals surface area (Å²) in [6.45, 7) is 2.11. The molecule has 4 heteroatoms. The van der Waals surface area contributed by atoms with Gasteiger partial charge in [0.2, 0.25) is 11.2 Å². The number of fused-ring (bicyclic) bond motifs is 1. The molecular weight excluding hydrogens is 184 g/mol. The molecule has 0 aromatic heterocycles. The van der Waals surface area contributed by atoms with Crippen molar-refractivity contribution in [1.82, 2.24) is 0 Å². The number of rotatable bonds is 1. The molecule has 1 aromatic rings. The molecule has 0 aliphatic carbocycles. The van der Waals surface area contributed by atoms with Crippen LogP contribution in [-0.4, -0.2) is 11.3 Å². The van der Waals surface area contributed by atoms with Crippen LogP contribution in [0.1, 0.15) is 12.5 Å². The lowest BCUT2D eigenvalue weighted by atomic mass is 10.1. The van der Waals surface area contributed by atoms with E-state index in [4.69, 9.17) is 0 Å². The predicted octanol–water partition coefficient (Wildman–Crippen LogP) is 1.69. The van der Waals surface area contributed by atoms with Crippen molar-refractivity contribution in [2.24, 2.45) is 0 Å². The molecule has 13 heavy (non-hydrogen) atoms. The van der Waals surface area contributed by atoms with Crippen LogP contribution < -0.4 is 9.03 Å². The summed E-state index contributed by atoms with van der Waals surface area (Å²) in [5.41, 5.74) is 3.25.